The molecule has 3 aliphatic rings. The van der Waals surface area contributed by atoms with E-state index in [9.17, 15) is 0 Å². The number of para-hydroxylation sites is 4. The van der Waals surface area contributed by atoms with E-state index in [4.69, 9.17) is 4.42 Å². The second kappa shape index (κ2) is 16.5. The van der Waals surface area contributed by atoms with Crippen molar-refractivity contribution < 1.29 is 4.42 Å². The maximum atomic E-state index is 6.46. The Morgan fingerprint density at radius 2 is 0.864 bits per heavy atom. The van der Waals surface area contributed by atoms with Gasteiger partial charge in [0.2, 0.25) is 0 Å². The van der Waals surface area contributed by atoms with Crippen LogP contribution in [0.5, 0.6) is 0 Å². The fourth-order valence-electron chi connectivity index (χ4n) is 15.4. The first-order valence-corrected chi connectivity index (χ1v) is 28.2. The highest BCUT2D eigenvalue weighted by atomic mass is 16.3. The van der Waals surface area contributed by atoms with Gasteiger partial charge in [0.1, 0.15) is 11.2 Å². The Balaban J connectivity index is 0.947. The predicted molar refractivity (Wildman–Crippen MR) is 334 cm³/mol. The molecule has 0 fully saturated rings. The van der Waals surface area contributed by atoms with Gasteiger partial charge in [-0.25, -0.2) is 0 Å². The van der Waals surface area contributed by atoms with Crippen LogP contribution >= 0.6 is 0 Å². The highest BCUT2D eigenvalue weighted by Crippen LogP contribution is 2.65. The number of hydrogen-bond donors (Lipinski definition) is 0. The number of anilines is 3. The van der Waals surface area contributed by atoms with Crippen molar-refractivity contribution >= 4 is 71.6 Å². The van der Waals surface area contributed by atoms with Crippen LogP contribution in [0.25, 0.3) is 93.6 Å². The minimum Gasteiger partial charge on any atom is -0.456 e. The van der Waals surface area contributed by atoms with Crippen LogP contribution in [0, 0.1) is 0 Å². The molecular formula is C78H48N2O. The fraction of sp³-hybridized carbons (Fsp3) is 0.0256. The SMILES string of the molecule is c1ccc(C2(c3ccccc3)c3ccccc3-c3c2cc(N(c2ccc(-c4ccc5c(c4)oc4ccccc45)cc2)c2cccc4c2-c2ccccc2C42c4ccccc4-n4c5ccccc5c5cccc2c54)c2ccccc32)cc1. The molecule has 0 N–H and O–H groups in total. The molecule has 81 heavy (non-hydrogen) atoms. The van der Waals surface area contributed by atoms with Gasteiger partial charge in [0.05, 0.1) is 38.9 Å². The normalized spacial score (nSPS) is 15.1. The monoisotopic (exact) mass is 1030 g/mol. The van der Waals surface area contributed by atoms with Crippen LogP contribution in [0.2, 0.25) is 0 Å². The zero-order valence-corrected chi connectivity index (χ0v) is 44.0. The van der Waals surface area contributed by atoms with Gasteiger partial charge in [-0.2, -0.15) is 0 Å². The lowest BCUT2D eigenvalue weighted by Gasteiger charge is -2.40. The Hall–Kier alpha value is -10.5. The summed E-state index contributed by atoms with van der Waals surface area (Å²) in [5, 5.41) is 7.19. The van der Waals surface area contributed by atoms with Gasteiger partial charge in [-0.05, 0) is 132 Å². The summed E-state index contributed by atoms with van der Waals surface area (Å²) in [6.45, 7) is 0. The van der Waals surface area contributed by atoms with Crippen LogP contribution in [0.15, 0.2) is 296 Å². The van der Waals surface area contributed by atoms with Crippen molar-refractivity contribution in [1.82, 2.24) is 4.57 Å². The quantitative estimate of drug-likeness (QED) is 0.166. The molecule has 0 saturated carbocycles. The van der Waals surface area contributed by atoms with Gasteiger partial charge >= 0.3 is 0 Å². The van der Waals surface area contributed by atoms with Crippen molar-refractivity contribution in [2.45, 2.75) is 10.8 Å². The molecule has 13 aromatic carbocycles. The minimum absolute atomic E-state index is 0.629. The van der Waals surface area contributed by atoms with E-state index in [0.29, 0.717) is 0 Å². The molecule has 3 heteroatoms. The summed E-state index contributed by atoms with van der Waals surface area (Å²) in [4.78, 5) is 2.60. The third-order valence-electron chi connectivity index (χ3n) is 18.5. The molecule has 1 spiro atoms. The smallest absolute Gasteiger partial charge is 0.136 e. The molecule has 3 nitrogen and oxygen atoms in total. The first kappa shape index (κ1) is 44.5. The zero-order chi connectivity index (χ0) is 53.0. The first-order valence-electron chi connectivity index (χ1n) is 28.2. The highest BCUT2D eigenvalue weighted by molar-refractivity contribution is 6.15. The van der Waals surface area contributed by atoms with Gasteiger partial charge in [0.25, 0.3) is 0 Å². The Morgan fingerprint density at radius 1 is 0.309 bits per heavy atom. The van der Waals surface area contributed by atoms with E-state index in [2.05, 4.69) is 295 Å². The first-order chi connectivity index (χ1) is 40.2. The lowest BCUT2D eigenvalue weighted by molar-refractivity contribution is 0.669. The molecular weight excluding hydrogens is 981 g/mol. The number of furan rings is 1. The van der Waals surface area contributed by atoms with E-state index < -0.39 is 10.8 Å². The average Bonchev–Trinajstić information content (AvgIpc) is 2.93. The number of hydrogen-bond acceptors (Lipinski definition) is 2. The maximum absolute atomic E-state index is 6.46. The summed E-state index contributed by atoms with van der Waals surface area (Å²) >= 11 is 0. The van der Waals surface area contributed by atoms with Crippen molar-refractivity contribution in [2.24, 2.45) is 0 Å². The number of benzene rings is 13. The number of nitrogens with zero attached hydrogens (tertiary/aromatic N) is 2. The Labute approximate surface area is 468 Å². The van der Waals surface area contributed by atoms with Crippen molar-refractivity contribution in [3.05, 3.63) is 336 Å². The van der Waals surface area contributed by atoms with Crippen LogP contribution in [-0.4, -0.2) is 4.57 Å². The summed E-state index contributed by atoms with van der Waals surface area (Å²) < 4.78 is 8.99. The molecule has 2 aliphatic carbocycles. The molecule has 376 valence electrons. The van der Waals surface area contributed by atoms with Gasteiger partial charge in [0.15, 0.2) is 0 Å². The van der Waals surface area contributed by atoms with Gasteiger partial charge in [-0.1, -0.05) is 237 Å². The van der Waals surface area contributed by atoms with Gasteiger partial charge in [-0.15, -0.1) is 0 Å². The number of fused-ring (bicyclic) bond motifs is 20. The van der Waals surface area contributed by atoms with Crippen molar-refractivity contribution in [2.75, 3.05) is 4.90 Å². The zero-order valence-electron chi connectivity index (χ0n) is 44.0. The van der Waals surface area contributed by atoms with Crippen LogP contribution in [0.1, 0.15) is 44.5 Å². The van der Waals surface area contributed by atoms with E-state index in [-0.39, 0.29) is 0 Å². The molecule has 1 atom stereocenters. The molecule has 18 rings (SSSR count). The topological polar surface area (TPSA) is 21.3 Å². The summed E-state index contributed by atoms with van der Waals surface area (Å²) in [6.07, 6.45) is 0. The van der Waals surface area contributed by atoms with Crippen LogP contribution in [0.3, 0.4) is 0 Å². The summed E-state index contributed by atoms with van der Waals surface area (Å²) in [5.41, 5.74) is 24.9. The van der Waals surface area contributed by atoms with Gasteiger partial charge < -0.3 is 13.9 Å². The predicted octanol–water partition coefficient (Wildman–Crippen LogP) is 20.0. The molecule has 2 aromatic heterocycles. The fourth-order valence-corrected chi connectivity index (χ4v) is 15.4. The minimum atomic E-state index is -0.634. The van der Waals surface area contributed by atoms with E-state index in [0.717, 1.165) is 50.1 Å². The third kappa shape index (κ3) is 5.76. The van der Waals surface area contributed by atoms with Crippen molar-refractivity contribution in [1.29, 1.82) is 0 Å². The molecule has 0 bridgehead atoms. The summed E-state index contributed by atoms with van der Waals surface area (Å²) in [5.74, 6) is 0. The highest BCUT2D eigenvalue weighted by Gasteiger charge is 2.52. The lowest BCUT2D eigenvalue weighted by Crippen LogP contribution is -2.33. The Kier molecular flexibility index (Phi) is 9.08. The van der Waals surface area contributed by atoms with Crippen LogP contribution in [-0.2, 0) is 10.8 Å². The molecule has 1 aliphatic heterocycles. The Bertz CT molecular complexity index is 5080. The summed E-state index contributed by atoms with van der Waals surface area (Å²) in [6, 6.07) is 109. The Morgan fingerprint density at radius 3 is 1.64 bits per heavy atom. The van der Waals surface area contributed by atoms with E-state index in [1.54, 1.807) is 0 Å². The summed E-state index contributed by atoms with van der Waals surface area (Å²) in [7, 11) is 0. The van der Waals surface area contributed by atoms with E-state index >= 15 is 0 Å². The molecule has 1 unspecified atom stereocenters. The third-order valence-corrected chi connectivity index (χ3v) is 18.5. The second-order valence-electron chi connectivity index (χ2n) is 22.1. The maximum Gasteiger partial charge on any atom is 0.136 e. The second-order valence-corrected chi connectivity index (χ2v) is 22.1. The number of rotatable bonds is 6. The van der Waals surface area contributed by atoms with E-state index in [1.807, 2.05) is 6.07 Å². The number of aromatic nitrogens is 1. The van der Waals surface area contributed by atoms with Gasteiger partial charge in [-0.3, -0.25) is 0 Å². The van der Waals surface area contributed by atoms with Gasteiger partial charge in [0, 0.05) is 38.2 Å². The van der Waals surface area contributed by atoms with E-state index in [1.165, 1.54) is 105 Å². The molecule has 0 radical (unpaired) electrons. The average molecular weight is 1030 g/mol. The van der Waals surface area contributed by atoms with Crippen molar-refractivity contribution in [3.8, 4) is 39.1 Å². The molecule has 0 saturated heterocycles. The lowest BCUT2D eigenvalue weighted by atomic mass is 9.65. The largest absolute Gasteiger partial charge is 0.456 e. The molecule has 3 heterocycles. The molecule has 0 amide bonds. The van der Waals surface area contributed by atoms with Crippen LogP contribution in [0.4, 0.5) is 17.1 Å². The van der Waals surface area contributed by atoms with Crippen molar-refractivity contribution in [3.63, 3.8) is 0 Å². The molecule has 15 aromatic rings. The van der Waals surface area contributed by atoms with Crippen LogP contribution < -0.4 is 4.90 Å². The standard InChI is InChI=1S/C78H48N2O/c1-3-21-51(22-4-1)77(52-23-5-2-6-24-52)62-32-13-9-29-60(62)74-58-28-8-7-25-54(58)71(48-67(74)77)79(53-44-41-49(42-45-53)50-43-46-57-56-27-12-18-40-72(56)81-73(57)47-50)70-39-20-35-65-75(70)61-30-10-14-33-63(61)78(65)64-34-15-17-38-69(64)80-68-37-16-11-26-55(68)59-31-19-36-66(78)76(59)80/h1-48H.